The van der Waals surface area contributed by atoms with Crippen molar-refractivity contribution in [2.24, 2.45) is 0 Å². The molecule has 0 aliphatic heterocycles. The van der Waals surface area contributed by atoms with E-state index in [1.807, 2.05) is 6.92 Å². The van der Waals surface area contributed by atoms with Crippen molar-refractivity contribution in [2.45, 2.75) is 19.9 Å². The first-order valence-corrected chi connectivity index (χ1v) is 5.09. The Morgan fingerprint density at radius 3 is 3.08 bits per heavy atom. The molecule has 72 valence electrons. The van der Waals surface area contributed by atoms with E-state index in [-0.39, 0.29) is 5.91 Å². The van der Waals surface area contributed by atoms with E-state index in [2.05, 4.69) is 26.4 Å². The summed E-state index contributed by atoms with van der Waals surface area (Å²) in [6.07, 6.45) is 0.483. The van der Waals surface area contributed by atoms with Gasteiger partial charge in [-0.2, -0.15) is 0 Å². The molecule has 13 heavy (non-hydrogen) atoms. The van der Waals surface area contributed by atoms with Crippen LogP contribution in [0.3, 0.4) is 0 Å². The average molecular weight is 247 g/mol. The van der Waals surface area contributed by atoms with Gasteiger partial charge in [-0.1, -0.05) is 21.1 Å². The summed E-state index contributed by atoms with van der Waals surface area (Å²) in [6, 6.07) is 1.80. The van der Waals surface area contributed by atoms with Crippen LogP contribution in [0.2, 0.25) is 0 Å². The van der Waals surface area contributed by atoms with Crippen LogP contribution >= 0.6 is 15.9 Å². The molecule has 0 atom stereocenters. The maximum absolute atomic E-state index is 11.0. The zero-order chi connectivity index (χ0) is 9.68. The fraction of sp³-hybridized carbons (Fsp3) is 0.500. The van der Waals surface area contributed by atoms with Gasteiger partial charge in [-0.25, -0.2) is 0 Å². The molecule has 0 aliphatic carbocycles. The molecule has 0 spiro atoms. The molecular weight excluding hydrogens is 236 g/mol. The summed E-state index contributed by atoms with van der Waals surface area (Å²) in [5, 5.41) is 7.15. The molecule has 5 heteroatoms. The molecule has 0 fully saturated rings. The predicted molar refractivity (Wildman–Crippen MR) is 51.5 cm³/mol. The van der Waals surface area contributed by atoms with E-state index in [4.69, 9.17) is 4.52 Å². The van der Waals surface area contributed by atoms with Gasteiger partial charge >= 0.3 is 0 Å². The SMILES string of the molecule is Cc1cc(CNC(=O)CCBr)no1. The van der Waals surface area contributed by atoms with E-state index in [1.54, 1.807) is 6.07 Å². The molecule has 0 unspecified atom stereocenters. The Balaban J connectivity index is 2.30. The molecule has 0 saturated carbocycles. The molecule has 1 rings (SSSR count). The van der Waals surface area contributed by atoms with Crippen molar-refractivity contribution in [3.05, 3.63) is 17.5 Å². The molecule has 1 heterocycles. The molecule has 1 aromatic heterocycles. The van der Waals surface area contributed by atoms with Gasteiger partial charge in [-0.3, -0.25) is 4.79 Å². The third kappa shape index (κ3) is 3.59. The number of alkyl halides is 1. The standard InChI is InChI=1S/C8H11BrN2O2/c1-6-4-7(11-13-6)5-10-8(12)2-3-9/h4H,2-3,5H2,1H3,(H,10,12). The minimum Gasteiger partial charge on any atom is -0.361 e. The first-order valence-electron chi connectivity index (χ1n) is 3.97. The van der Waals surface area contributed by atoms with Crippen molar-refractivity contribution in [3.8, 4) is 0 Å². The van der Waals surface area contributed by atoms with Gasteiger partial charge in [-0.15, -0.1) is 0 Å². The number of carbonyl (C=O) groups is 1. The van der Waals surface area contributed by atoms with E-state index in [1.165, 1.54) is 0 Å². The lowest BCUT2D eigenvalue weighted by Crippen LogP contribution is -2.22. The summed E-state index contributed by atoms with van der Waals surface area (Å²) in [5.41, 5.74) is 0.750. The highest BCUT2D eigenvalue weighted by Crippen LogP contribution is 2.00. The Kier molecular flexibility index (Phi) is 3.95. The molecule has 0 aromatic carbocycles. The van der Waals surface area contributed by atoms with Crippen molar-refractivity contribution in [1.82, 2.24) is 10.5 Å². The van der Waals surface area contributed by atoms with Crippen LogP contribution in [0, 0.1) is 6.92 Å². The number of aryl methyl sites for hydroxylation is 1. The molecule has 0 radical (unpaired) electrons. The van der Waals surface area contributed by atoms with Gasteiger partial charge in [0.1, 0.15) is 11.5 Å². The number of nitrogens with one attached hydrogen (secondary N) is 1. The van der Waals surface area contributed by atoms with Crippen LogP contribution in [-0.4, -0.2) is 16.4 Å². The third-order valence-corrected chi connectivity index (χ3v) is 1.86. The maximum atomic E-state index is 11.0. The number of halogens is 1. The number of rotatable bonds is 4. The van der Waals surface area contributed by atoms with Crippen LogP contribution in [0.25, 0.3) is 0 Å². The minimum absolute atomic E-state index is 0.0116. The second kappa shape index (κ2) is 5.01. The summed E-state index contributed by atoms with van der Waals surface area (Å²) in [7, 11) is 0. The van der Waals surface area contributed by atoms with Crippen molar-refractivity contribution < 1.29 is 9.32 Å². The lowest BCUT2D eigenvalue weighted by molar-refractivity contribution is -0.120. The fourth-order valence-electron chi connectivity index (χ4n) is 0.865. The van der Waals surface area contributed by atoms with E-state index >= 15 is 0 Å². The second-order valence-corrected chi connectivity index (χ2v) is 3.44. The van der Waals surface area contributed by atoms with E-state index in [0.29, 0.717) is 18.3 Å². The Bertz CT molecular complexity index is 285. The van der Waals surface area contributed by atoms with Crippen LogP contribution in [-0.2, 0) is 11.3 Å². The smallest absolute Gasteiger partial charge is 0.221 e. The highest BCUT2D eigenvalue weighted by molar-refractivity contribution is 9.09. The first kappa shape index (κ1) is 10.2. The number of hydrogen-bond acceptors (Lipinski definition) is 3. The van der Waals surface area contributed by atoms with Crippen molar-refractivity contribution >= 4 is 21.8 Å². The topological polar surface area (TPSA) is 55.1 Å². The zero-order valence-electron chi connectivity index (χ0n) is 7.34. The molecule has 1 N–H and O–H groups in total. The van der Waals surface area contributed by atoms with Crippen LogP contribution in [0.1, 0.15) is 17.9 Å². The van der Waals surface area contributed by atoms with Gasteiger partial charge in [-0.05, 0) is 6.92 Å². The number of hydrogen-bond donors (Lipinski definition) is 1. The number of nitrogens with zero attached hydrogens (tertiary/aromatic N) is 1. The van der Waals surface area contributed by atoms with E-state index < -0.39 is 0 Å². The van der Waals surface area contributed by atoms with Crippen molar-refractivity contribution in [1.29, 1.82) is 0 Å². The predicted octanol–water partition coefficient (Wildman–Crippen LogP) is 1.38. The summed E-state index contributed by atoms with van der Waals surface area (Å²) < 4.78 is 4.85. The monoisotopic (exact) mass is 246 g/mol. The Hall–Kier alpha value is -0.840. The number of carbonyl (C=O) groups excluding carboxylic acids is 1. The van der Waals surface area contributed by atoms with Crippen molar-refractivity contribution in [3.63, 3.8) is 0 Å². The van der Waals surface area contributed by atoms with Crippen molar-refractivity contribution in [2.75, 3.05) is 5.33 Å². The third-order valence-electron chi connectivity index (χ3n) is 1.46. The lowest BCUT2D eigenvalue weighted by atomic mass is 10.3. The Labute approximate surface area is 84.8 Å². The molecule has 0 bridgehead atoms. The molecule has 0 saturated heterocycles. The molecule has 0 aliphatic rings. The average Bonchev–Trinajstić information content (AvgIpc) is 2.49. The minimum atomic E-state index is 0.0116. The highest BCUT2D eigenvalue weighted by Gasteiger charge is 2.02. The summed E-state index contributed by atoms with van der Waals surface area (Å²) in [4.78, 5) is 11.0. The Morgan fingerprint density at radius 2 is 2.54 bits per heavy atom. The summed E-state index contributed by atoms with van der Waals surface area (Å²) in [6.45, 7) is 2.25. The van der Waals surface area contributed by atoms with Gasteiger partial charge in [0.2, 0.25) is 5.91 Å². The second-order valence-electron chi connectivity index (χ2n) is 2.64. The van der Waals surface area contributed by atoms with E-state index in [9.17, 15) is 4.79 Å². The molecule has 1 aromatic rings. The molecular formula is C8H11BrN2O2. The van der Waals surface area contributed by atoms with Crippen LogP contribution < -0.4 is 5.32 Å². The van der Waals surface area contributed by atoms with Crippen LogP contribution in [0.15, 0.2) is 10.6 Å². The van der Waals surface area contributed by atoms with Crippen LogP contribution in [0.4, 0.5) is 0 Å². The molecule has 4 nitrogen and oxygen atoms in total. The zero-order valence-corrected chi connectivity index (χ0v) is 8.93. The normalized spacial score (nSPS) is 10.0. The lowest BCUT2D eigenvalue weighted by Gasteiger charge is -1.99. The quantitative estimate of drug-likeness (QED) is 0.818. The number of aromatic nitrogens is 1. The van der Waals surface area contributed by atoms with Gasteiger partial charge in [0.25, 0.3) is 0 Å². The number of amides is 1. The highest BCUT2D eigenvalue weighted by atomic mass is 79.9. The van der Waals surface area contributed by atoms with Crippen LogP contribution in [0.5, 0.6) is 0 Å². The summed E-state index contributed by atoms with van der Waals surface area (Å²) >= 11 is 3.19. The maximum Gasteiger partial charge on any atom is 0.221 e. The van der Waals surface area contributed by atoms with Gasteiger partial charge < -0.3 is 9.84 Å². The Morgan fingerprint density at radius 1 is 1.77 bits per heavy atom. The largest absolute Gasteiger partial charge is 0.361 e. The fourth-order valence-corrected chi connectivity index (χ4v) is 1.22. The van der Waals surface area contributed by atoms with Gasteiger partial charge in [0, 0.05) is 17.8 Å². The van der Waals surface area contributed by atoms with Gasteiger partial charge in [0.05, 0.1) is 6.54 Å². The summed E-state index contributed by atoms with van der Waals surface area (Å²) in [5.74, 6) is 0.766. The van der Waals surface area contributed by atoms with Gasteiger partial charge in [0.15, 0.2) is 0 Å². The first-order chi connectivity index (χ1) is 6.22. The van der Waals surface area contributed by atoms with E-state index in [0.717, 1.165) is 11.5 Å². The molecule has 1 amide bonds.